The number of nitrogens with one attached hydrogen (secondary N) is 1. The quantitative estimate of drug-likeness (QED) is 0.746. The molecule has 0 aliphatic rings. The van der Waals surface area contributed by atoms with E-state index in [2.05, 4.69) is 15.3 Å². The van der Waals surface area contributed by atoms with Gasteiger partial charge in [-0.25, -0.2) is 4.98 Å². The Hall–Kier alpha value is -2.89. The van der Waals surface area contributed by atoms with Crippen LogP contribution in [0.15, 0.2) is 28.7 Å². The van der Waals surface area contributed by atoms with Crippen molar-refractivity contribution >= 4 is 35.4 Å². The minimum Gasteiger partial charge on any atom is -0.428 e. The molecule has 2 heterocycles. The van der Waals surface area contributed by atoms with Crippen molar-refractivity contribution < 1.29 is 9.21 Å². The summed E-state index contributed by atoms with van der Waals surface area (Å²) in [6.07, 6.45) is 4.60. The lowest BCUT2D eigenvalue weighted by molar-refractivity contribution is 0.112. The van der Waals surface area contributed by atoms with Gasteiger partial charge in [0.25, 0.3) is 0 Å². The fourth-order valence-electron chi connectivity index (χ4n) is 2.27. The number of fused-ring (bicyclic) bond motifs is 1. The SMILES string of the molecule is C/C=C\c1nc(Nc2nc3cc(C=O)ccc3n2C)oc1C. The van der Waals surface area contributed by atoms with E-state index in [4.69, 9.17) is 4.42 Å². The van der Waals surface area contributed by atoms with Gasteiger partial charge in [-0.1, -0.05) is 6.08 Å². The molecule has 0 amide bonds. The second-order valence-corrected chi connectivity index (χ2v) is 4.95. The highest BCUT2D eigenvalue weighted by molar-refractivity contribution is 5.86. The van der Waals surface area contributed by atoms with Crippen molar-refractivity contribution in [3.63, 3.8) is 0 Å². The zero-order valence-electron chi connectivity index (χ0n) is 12.6. The molecule has 0 unspecified atom stereocenters. The molecular weight excluding hydrogens is 280 g/mol. The number of hydrogen-bond donors (Lipinski definition) is 1. The lowest BCUT2D eigenvalue weighted by Crippen LogP contribution is -1.99. The van der Waals surface area contributed by atoms with Gasteiger partial charge >= 0.3 is 6.01 Å². The summed E-state index contributed by atoms with van der Waals surface area (Å²) < 4.78 is 7.47. The van der Waals surface area contributed by atoms with E-state index < -0.39 is 0 Å². The van der Waals surface area contributed by atoms with Gasteiger partial charge in [-0.05, 0) is 38.1 Å². The van der Waals surface area contributed by atoms with Crippen molar-refractivity contribution in [2.45, 2.75) is 13.8 Å². The number of rotatable bonds is 4. The molecule has 0 radical (unpaired) electrons. The molecule has 0 aliphatic carbocycles. The van der Waals surface area contributed by atoms with E-state index in [1.165, 1.54) is 0 Å². The number of anilines is 2. The highest BCUT2D eigenvalue weighted by atomic mass is 16.4. The molecule has 0 spiro atoms. The zero-order valence-corrected chi connectivity index (χ0v) is 12.6. The first-order valence-corrected chi connectivity index (χ1v) is 6.91. The molecule has 112 valence electrons. The van der Waals surface area contributed by atoms with Crippen molar-refractivity contribution in [3.05, 3.63) is 41.3 Å². The van der Waals surface area contributed by atoms with Crippen LogP contribution >= 0.6 is 0 Å². The van der Waals surface area contributed by atoms with E-state index in [-0.39, 0.29) is 0 Å². The second kappa shape index (κ2) is 5.48. The highest BCUT2D eigenvalue weighted by Gasteiger charge is 2.12. The summed E-state index contributed by atoms with van der Waals surface area (Å²) in [5.41, 5.74) is 3.04. The normalized spacial score (nSPS) is 11.4. The number of allylic oxidation sites excluding steroid dienone is 1. The van der Waals surface area contributed by atoms with Crippen molar-refractivity contribution in [1.82, 2.24) is 14.5 Å². The first kappa shape index (κ1) is 14.1. The zero-order chi connectivity index (χ0) is 15.7. The third-order valence-corrected chi connectivity index (χ3v) is 3.42. The maximum absolute atomic E-state index is 10.9. The van der Waals surface area contributed by atoms with Gasteiger partial charge in [0.1, 0.15) is 17.7 Å². The van der Waals surface area contributed by atoms with Crippen LogP contribution in [-0.2, 0) is 7.05 Å². The predicted molar refractivity (Wildman–Crippen MR) is 85.3 cm³/mol. The van der Waals surface area contributed by atoms with Gasteiger partial charge in [-0.15, -0.1) is 0 Å². The number of carbonyl (C=O) groups excluding carboxylic acids is 1. The van der Waals surface area contributed by atoms with E-state index in [1.807, 2.05) is 43.7 Å². The van der Waals surface area contributed by atoms with E-state index in [0.717, 1.165) is 28.8 Å². The van der Waals surface area contributed by atoms with Crippen molar-refractivity contribution in [2.24, 2.45) is 7.05 Å². The molecule has 3 rings (SSSR count). The van der Waals surface area contributed by atoms with Crippen LogP contribution in [0.4, 0.5) is 12.0 Å². The number of oxazole rings is 1. The number of nitrogens with zero attached hydrogens (tertiary/aromatic N) is 3. The lowest BCUT2D eigenvalue weighted by Gasteiger charge is -2.01. The lowest BCUT2D eigenvalue weighted by atomic mass is 10.2. The maximum Gasteiger partial charge on any atom is 0.302 e. The molecule has 0 saturated carbocycles. The third kappa shape index (κ3) is 2.39. The standard InChI is InChI=1S/C16H16N4O2/c1-4-5-12-10(2)22-16(18-12)19-15-17-13-8-11(9-21)6-7-14(13)20(15)3/h4-9H,1-3H3,(H,17,18,19)/b5-4-. The topological polar surface area (TPSA) is 73.0 Å². The Morgan fingerprint density at radius 1 is 1.32 bits per heavy atom. The van der Waals surface area contributed by atoms with Crippen LogP contribution in [0.1, 0.15) is 28.7 Å². The van der Waals surface area contributed by atoms with Crippen LogP contribution in [0.2, 0.25) is 0 Å². The Balaban J connectivity index is 1.98. The van der Waals surface area contributed by atoms with Gasteiger partial charge < -0.3 is 8.98 Å². The second-order valence-electron chi connectivity index (χ2n) is 4.95. The molecule has 3 aromatic rings. The van der Waals surface area contributed by atoms with Crippen LogP contribution in [0.3, 0.4) is 0 Å². The Morgan fingerprint density at radius 3 is 2.86 bits per heavy atom. The number of aryl methyl sites for hydroxylation is 2. The third-order valence-electron chi connectivity index (χ3n) is 3.42. The summed E-state index contributed by atoms with van der Waals surface area (Å²) in [6, 6.07) is 5.77. The fourth-order valence-corrected chi connectivity index (χ4v) is 2.27. The summed E-state index contributed by atoms with van der Waals surface area (Å²) in [5, 5.41) is 3.07. The average Bonchev–Trinajstić information content (AvgIpc) is 3.00. The highest BCUT2D eigenvalue weighted by Crippen LogP contribution is 2.23. The van der Waals surface area contributed by atoms with Crippen LogP contribution in [-0.4, -0.2) is 20.8 Å². The summed E-state index contributed by atoms with van der Waals surface area (Å²) in [5.74, 6) is 1.34. The molecule has 22 heavy (non-hydrogen) atoms. The van der Waals surface area contributed by atoms with E-state index in [1.54, 1.807) is 12.1 Å². The van der Waals surface area contributed by atoms with E-state index >= 15 is 0 Å². The number of imidazole rings is 1. The molecular formula is C16H16N4O2. The van der Waals surface area contributed by atoms with Crippen molar-refractivity contribution in [1.29, 1.82) is 0 Å². The summed E-state index contributed by atoms with van der Waals surface area (Å²) >= 11 is 0. The maximum atomic E-state index is 10.9. The van der Waals surface area contributed by atoms with E-state index in [9.17, 15) is 4.79 Å². The van der Waals surface area contributed by atoms with Crippen molar-refractivity contribution in [3.8, 4) is 0 Å². The minimum absolute atomic E-state index is 0.389. The molecule has 0 bridgehead atoms. The first-order valence-electron chi connectivity index (χ1n) is 6.91. The Kier molecular flexibility index (Phi) is 3.50. The molecule has 0 saturated heterocycles. The van der Waals surface area contributed by atoms with Gasteiger partial charge in [-0.3, -0.25) is 10.1 Å². The molecule has 0 atom stereocenters. The monoisotopic (exact) mass is 296 g/mol. The van der Waals surface area contributed by atoms with Crippen LogP contribution in [0.25, 0.3) is 17.1 Å². The fraction of sp³-hybridized carbons (Fsp3) is 0.188. The number of benzene rings is 1. The number of aldehydes is 1. The summed E-state index contributed by atoms with van der Waals surface area (Å²) in [4.78, 5) is 19.7. The van der Waals surface area contributed by atoms with E-state index in [0.29, 0.717) is 17.5 Å². The average molecular weight is 296 g/mol. The van der Waals surface area contributed by atoms with Gasteiger partial charge in [0.05, 0.1) is 11.0 Å². The molecule has 1 aromatic carbocycles. The number of hydrogen-bond acceptors (Lipinski definition) is 5. The first-order chi connectivity index (χ1) is 10.6. The number of carbonyl (C=O) groups is 1. The summed E-state index contributed by atoms with van der Waals surface area (Å²) in [7, 11) is 1.89. The van der Waals surface area contributed by atoms with Gasteiger partial charge in [-0.2, -0.15) is 4.98 Å². The Morgan fingerprint density at radius 2 is 2.14 bits per heavy atom. The molecule has 1 N–H and O–H groups in total. The van der Waals surface area contributed by atoms with Gasteiger partial charge in [0.15, 0.2) is 0 Å². The molecule has 6 nitrogen and oxygen atoms in total. The van der Waals surface area contributed by atoms with Crippen LogP contribution < -0.4 is 5.32 Å². The minimum atomic E-state index is 0.389. The molecule has 2 aromatic heterocycles. The van der Waals surface area contributed by atoms with Crippen molar-refractivity contribution in [2.75, 3.05) is 5.32 Å². The number of aromatic nitrogens is 3. The van der Waals surface area contributed by atoms with Gasteiger partial charge in [0.2, 0.25) is 5.95 Å². The summed E-state index contributed by atoms with van der Waals surface area (Å²) in [6.45, 7) is 3.79. The molecule has 6 heteroatoms. The van der Waals surface area contributed by atoms with Crippen LogP contribution in [0, 0.1) is 6.92 Å². The molecule has 0 fully saturated rings. The predicted octanol–water partition coefficient (Wildman–Crippen LogP) is 3.46. The van der Waals surface area contributed by atoms with Crippen LogP contribution in [0.5, 0.6) is 0 Å². The smallest absolute Gasteiger partial charge is 0.302 e. The Bertz CT molecular complexity index is 874. The Labute approximate surface area is 127 Å². The largest absolute Gasteiger partial charge is 0.428 e. The van der Waals surface area contributed by atoms with Gasteiger partial charge in [0, 0.05) is 12.6 Å². The molecule has 0 aliphatic heterocycles.